The normalized spacial score (nSPS) is 12.5. The highest BCUT2D eigenvalue weighted by atomic mass is 32.2. The predicted octanol–water partition coefficient (Wildman–Crippen LogP) is 3.16. The van der Waals surface area contributed by atoms with Gasteiger partial charge in [-0.2, -0.15) is 11.8 Å². The molecule has 0 spiro atoms. The van der Waals surface area contributed by atoms with Gasteiger partial charge in [0.1, 0.15) is 0 Å². The summed E-state index contributed by atoms with van der Waals surface area (Å²) in [5, 5.41) is 3.21. The van der Waals surface area contributed by atoms with Crippen LogP contribution in [0.2, 0.25) is 0 Å². The number of hydrogen-bond donors (Lipinski definition) is 2. The molecule has 1 aromatic rings. The van der Waals surface area contributed by atoms with E-state index in [4.69, 9.17) is 0 Å². The topological polar surface area (TPSA) is 58.2 Å². The van der Waals surface area contributed by atoms with E-state index in [-0.39, 0.29) is 4.75 Å². The molecule has 2 N–H and O–H groups in total. The van der Waals surface area contributed by atoms with Gasteiger partial charge in [0.15, 0.2) is 0 Å². The zero-order valence-electron chi connectivity index (χ0n) is 13.7. The van der Waals surface area contributed by atoms with Crippen LogP contribution in [-0.4, -0.2) is 32.5 Å². The molecule has 1 aromatic carbocycles. The summed E-state index contributed by atoms with van der Waals surface area (Å²) in [6.45, 7) is 10.9. The van der Waals surface area contributed by atoms with Crippen molar-refractivity contribution in [3.8, 4) is 0 Å². The first-order chi connectivity index (χ1) is 9.63. The van der Waals surface area contributed by atoms with E-state index in [0.717, 1.165) is 23.4 Å². The van der Waals surface area contributed by atoms with Crippen molar-refractivity contribution < 1.29 is 8.42 Å². The lowest BCUT2D eigenvalue weighted by atomic mass is 10.1. The smallest absolute Gasteiger partial charge is 0.241 e. The molecular formula is C15H26N2O2S2. The molecular weight excluding hydrogens is 304 g/mol. The lowest BCUT2D eigenvalue weighted by Crippen LogP contribution is -2.36. The molecule has 6 heteroatoms. The lowest BCUT2D eigenvalue weighted by Gasteiger charge is -2.23. The number of hydrogen-bond acceptors (Lipinski definition) is 4. The molecule has 0 aliphatic rings. The van der Waals surface area contributed by atoms with Gasteiger partial charge in [-0.15, -0.1) is 0 Å². The van der Waals surface area contributed by atoms with Gasteiger partial charge in [0.05, 0.1) is 4.90 Å². The first kappa shape index (κ1) is 18.3. The van der Waals surface area contributed by atoms with Gasteiger partial charge in [-0.1, -0.05) is 0 Å². The fourth-order valence-corrected chi connectivity index (χ4v) is 4.06. The molecule has 0 aromatic heterocycles. The van der Waals surface area contributed by atoms with Crippen molar-refractivity contribution in [3.63, 3.8) is 0 Å². The van der Waals surface area contributed by atoms with E-state index in [9.17, 15) is 8.42 Å². The third-order valence-electron chi connectivity index (χ3n) is 3.35. The van der Waals surface area contributed by atoms with E-state index in [1.165, 1.54) is 0 Å². The highest BCUT2D eigenvalue weighted by Gasteiger charge is 2.24. The second-order valence-electron chi connectivity index (χ2n) is 5.76. The molecule has 0 atom stereocenters. The molecule has 4 nitrogen and oxygen atoms in total. The molecule has 0 bridgehead atoms. The molecule has 1 rings (SSSR count). The van der Waals surface area contributed by atoms with E-state index in [1.807, 2.05) is 53.0 Å². The lowest BCUT2D eigenvalue weighted by molar-refractivity contribution is 0.569. The van der Waals surface area contributed by atoms with Crippen molar-refractivity contribution >= 4 is 27.5 Å². The first-order valence-electron chi connectivity index (χ1n) is 7.03. The molecule has 0 radical (unpaired) electrons. The molecule has 0 heterocycles. The SMILES string of the molecule is CCNc1cc(C)c(S(=O)(=O)NCC(C)(C)SC)c(C)c1. The van der Waals surface area contributed by atoms with Crippen molar-refractivity contribution in [2.24, 2.45) is 0 Å². The maximum Gasteiger partial charge on any atom is 0.241 e. The summed E-state index contributed by atoms with van der Waals surface area (Å²) in [5.74, 6) is 0. The van der Waals surface area contributed by atoms with Crippen LogP contribution in [0.15, 0.2) is 17.0 Å². The van der Waals surface area contributed by atoms with E-state index < -0.39 is 10.0 Å². The highest BCUT2D eigenvalue weighted by Crippen LogP contribution is 2.26. The Kier molecular flexibility index (Phi) is 6.13. The number of rotatable bonds is 7. The van der Waals surface area contributed by atoms with E-state index in [0.29, 0.717) is 11.4 Å². The number of thioether (sulfide) groups is 1. The molecule has 0 aliphatic carbocycles. The van der Waals surface area contributed by atoms with Gasteiger partial charge < -0.3 is 5.32 Å². The Morgan fingerprint density at radius 2 is 1.71 bits per heavy atom. The van der Waals surface area contributed by atoms with Crippen molar-refractivity contribution in [1.29, 1.82) is 0 Å². The van der Waals surface area contributed by atoms with Crippen LogP contribution in [0, 0.1) is 13.8 Å². The number of sulfonamides is 1. The number of benzene rings is 1. The Labute approximate surface area is 133 Å². The van der Waals surface area contributed by atoms with Crippen LogP contribution < -0.4 is 10.0 Å². The van der Waals surface area contributed by atoms with Crippen LogP contribution in [-0.2, 0) is 10.0 Å². The summed E-state index contributed by atoms with van der Waals surface area (Å²) >= 11 is 1.64. The summed E-state index contributed by atoms with van der Waals surface area (Å²) < 4.78 is 27.7. The molecule has 0 fully saturated rings. The number of nitrogens with one attached hydrogen (secondary N) is 2. The Bertz CT molecular complexity index is 573. The Balaban J connectivity index is 3.09. The molecule has 0 unspecified atom stereocenters. The minimum absolute atomic E-state index is 0.126. The van der Waals surface area contributed by atoms with Crippen LogP contribution in [0.1, 0.15) is 31.9 Å². The van der Waals surface area contributed by atoms with Gasteiger partial charge in [-0.3, -0.25) is 0 Å². The quantitative estimate of drug-likeness (QED) is 0.806. The minimum Gasteiger partial charge on any atom is -0.385 e. The number of anilines is 1. The van der Waals surface area contributed by atoms with E-state index in [2.05, 4.69) is 10.0 Å². The maximum absolute atomic E-state index is 12.6. The standard InChI is InChI=1S/C15H26N2O2S2/c1-7-16-13-8-11(2)14(12(3)9-13)21(18,19)17-10-15(4,5)20-6/h8-9,16-17H,7,10H2,1-6H3. The molecule has 0 aliphatic heterocycles. The molecule has 0 amide bonds. The second-order valence-corrected chi connectivity index (χ2v) is 8.98. The van der Waals surface area contributed by atoms with Crippen molar-refractivity contribution in [3.05, 3.63) is 23.3 Å². The van der Waals surface area contributed by atoms with Crippen molar-refractivity contribution in [1.82, 2.24) is 4.72 Å². The fraction of sp³-hybridized carbons (Fsp3) is 0.600. The second kappa shape index (κ2) is 7.03. The van der Waals surface area contributed by atoms with Crippen LogP contribution >= 0.6 is 11.8 Å². The summed E-state index contributed by atoms with van der Waals surface area (Å²) in [4.78, 5) is 0.390. The maximum atomic E-state index is 12.6. The first-order valence-corrected chi connectivity index (χ1v) is 9.73. The fourth-order valence-electron chi connectivity index (χ4n) is 2.09. The summed E-state index contributed by atoms with van der Waals surface area (Å²) in [6.07, 6.45) is 1.98. The molecule has 120 valence electrons. The summed E-state index contributed by atoms with van der Waals surface area (Å²) in [7, 11) is -3.49. The van der Waals surface area contributed by atoms with Gasteiger partial charge in [-0.05, 0) is 64.1 Å². The third kappa shape index (κ3) is 4.90. The summed E-state index contributed by atoms with van der Waals surface area (Å²) in [5.41, 5.74) is 2.48. The van der Waals surface area contributed by atoms with Gasteiger partial charge >= 0.3 is 0 Å². The zero-order valence-corrected chi connectivity index (χ0v) is 15.3. The zero-order chi connectivity index (χ0) is 16.3. The van der Waals surface area contributed by atoms with Crippen LogP contribution in [0.3, 0.4) is 0 Å². The molecule has 0 saturated heterocycles. The monoisotopic (exact) mass is 330 g/mol. The van der Waals surface area contributed by atoms with E-state index in [1.54, 1.807) is 11.8 Å². The summed E-state index contributed by atoms with van der Waals surface area (Å²) in [6, 6.07) is 3.76. The van der Waals surface area contributed by atoms with Crippen LogP contribution in [0.25, 0.3) is 0 Å². The van der Waals surface area contributed by atoms with Crippen molar-refractivity contribution in [2.45, 2.75) is 44.3 Å². The van der Waals surface area contributed by atoms with Crippen molar-refractivity contribution in [2.75, 3.05) is 24.7 Å². The average molecular weight is 331 g/mol. The Morgan fingerprint density at radius 3 is 2.14 bits per heavy atom. The average Bonchev–Trinajstić information content (AvgIpc) is 2.36. The minimum atomic E-state index is -3.49. The van der Waals surface area contributed by atoms with E-state index >= 15 is 0 Å². The molecule has 21 heavy (non-hydrogen) atoms. The largest absolute Gasteiger partial charge is 0.385 e. The third-order valence-corrected chi connectivity index (χ3v) is 6.31. The van der Waals surface area contributed by atoms with Gasteiger partial charge in [0, 0.05) is 23.5 Å². The highest BCUT2D eigenvalue weighted by molar-refractivity contribution is 8.00. The van der Waals surface area contributed by atoms with Gasteiger partial charge in [0.25, 0.3) is 0 Å². The van der Waals surface area contributed by atoms with Gasteiger partial charge in [0.2, 0.25) is 10.0 Å². The Morgan fingerprint density at radius 1 is 1.19 bits per heavy atom. The van der Waals surface area contributed by atoms with Crippen LogP contribution in [0.4, 0.5) is 5.69 Å². The van der Waals surface area contributed by atoms with Crippen LogP contribution in [0.5, 0.6) is 0 Å². The van der Waals surface area contributed by atoms with Gasteiger partial charge in [-0.25, -0.2) is 13.1 Å². The number of aryl methyl sites for hydroxylation is 2. The predicted molar refractivity (Wildman–Crippen MR) is 92.9 cm³/mol. The Hall–Kier alpha value is -0.720. The molecule has 0 saturated carbocycles.